The van der Waals surface area contributed by atoms with E-state index in [1.54, 1.807) is 0 Å². The maximum Gasteiger partial charge on any atom is 0.322 e. The topological polar surface area (TPSA) is 46.5 Å². The molecule has 1 aliphatic heterocycles. The van der Waals surface area contributed by atoms with Crippen LogP contribution in [0.5, 0.6) is 11.5 Å². The molecule has 0 aromatic heterocycles. The molecule has 28 heavy (non-hydrogen) atoms. The van der Waals surface area contributed by atoms with Gasteiger partial charge < -0.3 is 9.84 Å². The molecule has 1 heterocycles. The van der Waals surface area contributed by atoms with Gasteiger partial charge in [0.15, 0.2) is 0 Å². The van der Waals surface area contributed by atoms with Crippen molar-refractivity contribution in [3.8, 4) is 11.5 Å². The van der Waals surface area contributed by atoms with E-state index in [1.807, 2.05) is 12.1 Å². The van der Waals surface area contributed by atoms with Crippen molar-refractivity contribution in [1.82, 2.24) is 0 Å². The van der Waals surface area contributed by atoms with Gasteiger partial charge >= 0.3 is 5.97 Å². The second kappa shape index (κ2) is 6.37. The second-order valence-electron chi connectivity index (χ2n) is 10.3. The summed E-state index contributed by atoms with van der Waals surface area (Å²) in [7, 11) is 0. The van der Waals surface area contributed by atoms with Gasteiger partial charge in [0.2, 0.25) is 0 Å². The molecule has 2 bridgehead atoms. The summed E-state index contributed by atoms with van der Waals surface area (Å²) >= 11 is 0. The molecule has 3 heteroatoms. The van der Waals surface area contributed by atoms with Gasteiger partial charge in [-0.1, -0.05) is 66.4 Å². The second-order valence-corrected chi connectivity index (χ2v) is 10.3. The molecule has 1 unspecified atom stereocenters. The highest BCUT2D eigenvalue weighted by Crippen LogP contribution is 2.71. The van der Waals surface area contributed by atoms with Gasteiger partial charge in [-0.25, -0.2) is 0 Å². The molecule has 1 fully saturated rings. The van der Waals surface area contributed by atoms with Gasteiger partial charge in [0.1, 0.15) is 11.5 Å². The molecular weight excluding hydrogens is 348 g/mol. The molecule has 0 radical (unpaired) electrons. The number of esters is 1. The summed E-state index contributed by atoms with van der Waals surface area (Å²) in [6.45, 7) is 11.0. The van der Waals surface area contributed by atoms with Crippen LogP contribution in [0.1, 0.15) is 90.7 Å². The predicted octanol–water partition coefficient (Wildman–Crippen LogP) is 6.38. The Morgan fingerprint density at radius 2 is 1.96 bits per heavy atom. The van der Waals surface area contributed by atoms with Crippen LogP contribution in [0.3, 0.4) is 0 Å². The lowest BCUT2D eigenvalue weighted by atomic mass is 9.63. The summed E-state index contributed by atoms with van der Waals surface area (Å²) in [6.07, 6.45) is 10.0. The first-order valence-corrected chi connectivity index (χ1v) is 11.0. The van der Waals surface area contributed by atoms with E-state index in [0.29, 0.717) is 11.7 Å². The minimum Gasteiger partial charge on any atom is -0.507 e. The number of hydrogen-bond donors (Lipinski definition) is 1. The van der Waals surface area contributed by atoms with E-state index in [2.05, 4.69) is 40.7 Å². The quantitative estimate of drug-likeness (QED) is 0.353. The lowest BCUT2D eigenvalue weighted by Gasteiger charge is -2.42. The third-order valence-electron chi connectivity index (χ3n) is 8.02. The van der Waals surface area contributed by atoms with Crippen LogP contribution < -0.4 is 4.74 Å². The number of carbonyl (C=O) groups excluding carboxylic acids is 1. The maximum absolute atomic E-state index is 13.2. The first-order valence-electron chi connectivity index (χ1n) is 11.0. The smallest absolute Gasteiger partial charge is 0.322 e. The van der Waals surface area contributed by atoms with Gasteiger partial charge in [-0.05, 0) is 59.3 Å². The number of aromatic hydroxyl groups is 1. The average Bonchev–Trinajstić information content (AvgIpc) is 3.01. The van der Waals surface area contributed by atoms with E-state index in [9.17, 15) is 9.90 Å². The summed E-state index contributed by atoms with van der Waals surface area (Å²) < 4.78 is 5.92. The Balaban J connectivity index is 1.71. The van der Waals surface area contributed by atoms with E-state index in [1.165, 1.54) is 25.7 Å². The van der Waals surface area contributed by atoms with Gasteiger partial charge in [0.25, 0.3) is 0 Å². The molecule has 0 amide bonds. The van der Waals surface area contributed by atoms with Gasteiger partial charge in [-0.15, -0.1) is 0 Å². The average molecular weight is 383 g/mol. The van der Waals surface area contributed by atoms with Gasteiger partial charge in [0.05, 0.1) is 11.0 Å². The Morgan fingerprint density at radius 1 is 1.21 bits per heavy atom. The zero-order chi connectivity index (χ0) is 20.3. The summed E-state index contributed by atoms with van der Waals surface area (Å²) in [5, 5.41) is 11.0. The molecule has 3 aliphatic rings. The van der Waals surface area contributed by atoms with E-state index < -0.39 is 5.41 Å². The Hall–Kier alpha value is -1.77. The highest BCUT2D eigenvalue weighted by molar-refractivity contribution is 6.03. The number of allylic oxidation sites excluding steroid dienone is 1. The number of unbranched alkanes of at least 4 members (excludes halogenated alkanes) is 3. The van der Waals surface area contributed by atoms with Crippen LogP contribution >= 0.6 is 0 Å². The molecule has 1 aromatic rings. The molecule has 4 rings (SSSR count). The van der Waals surface area contributed by atoms with Crippen LogP contribution in [0.15, 0.2) is 18.2 Å². The van der Waals surface area contributed by atoms with Crippen molar-refractivity contribution in [1.29, 1.82) is 0 Å². The molecular formula is C25H34O3. The Bertz CT molecular complexity index is 846. The SMILES string of the molecule is CCCCCCC(C)(C)c1cc(O)c2c(c1)OC(=O)[C@]13CCC(C=C21)C3(C)C. The summed E-state index contributed by atoms with van der Waals surface area (Å²) in [6, 6.07) is 3.91. The van der Waals surface area contributed by atoms with Crippen molar-refractivity contribution in [2.45, 2.75) is 85.0 Å². The monoisotopic (exact) mass is 382 g/mol. The van der Waals surface area contributed by atoms with Crippen LogP contribution in [0.2, 0.25) is 0 Å². The molecule has 1 N–H and O–H groups in total. The van der Waals surface area contributed by atoms with Crippen molar-refractivity contribution in [2.24, 2.45) is 16.7 Å². The van der Waals surface area contributed by atoms with Crippen molar-refractivity contribution in [3.63, 3.8) is 0 Å². The van der Waals surface area contributed by atoms with Gasteiger partial charge in [-0.3, -0.25) is 4.79 Å². The summed E-state index contributed by atoms with van der Waals surface area (Å²) in [5.74, 6) is 1.04. The zero-order valence-electron chi connectivity index (χ0n) is 18.0. The lowest BCUT2D eigenvalue weighted by molar-refractivity contribution is -0.147. The van der Waals surface area contributed by atoms with Crippen molar-refractivity contribution >= 4 is 11.5 Å². The standard InChI is InChI=1S/C25H34O3/c1-6-7-8-9-11-23(2,3)17-14-19(26)21-18-13-16-10-12-25(18,24(16,4)5)22(27)28-20(21)15-17/h13-16,26H,6-12H2,1-5H3/t16?,25-/m0/s1. The fourth-order valence-electron chi connectivity index (χ4n) is 5.93. The van der Waals surface area contributed by atoms with Crippen LogP contribution in [0, 0.1) is 16.7 Å². The van der Waals surface area contributed by atoms with Crippen LogP contribution in [-0.4, -0.2) is 11.1 Å². The molecule has 0 saturated heterocycles. The van der Waals surface area contributed by atoms with Crippen LogP contribution in [-0.2, 0) is 10.2 Å². The molecule has 3 nitrogen and oxygen atoms in total. The number of benzene rings is 1. The fraction of sp³-hybridized carbons (Fsp3) is 0.640. The van der Waals surface area contributed by atoms with Gasteiger partial charge in [-0.2, -0.15) is 0 Å². The summed E-state index contributed by atoms with van der Waals surface area (Å²) in [5.41, 5.74) is 1.99. The molecule has 152 valence electrons. The van der Waals surface area contributed by atoms with E-state index in [4.69, 9.17) is 4.74 Å². The largest absolute Gasteiger partial charge is 0.507 e. The van der Waals surface area contributed by atoms with E-state index in [0.717, 1.165) is 36.0 Å². The van der Waals surface area contributed by atoms with E-state index in [-0.39, 0.29) is 22.5 Å². The van der Waals surface area contributed by atoms with Gasteiger partial charge in [0, 0.05) is 0 Å². The first kappa shape index (κ1) is 19.5. The molecule has 1 spiro atoms. The number of rotatable bonds is 6. The molecule has 2 aliphatic carbocycles. The maximum atomic E-state index is 13.2. The molecule has 1 saturated carbocycles. The van der Waals surface area contributed by atoms with E-state index >= 15 is 0 Å². The Labute approximate surface area is 169 Å². The third-order valence-corrected chi connectivity index (χ3v) is 8.02. The number of phenolic OH excluding ortho intramolecular Hbond substituents is 1. The number of ether oxygens (including phenoxy) is 1. The number of hydrogen-bond acceptors (Lipinski definition) is 3. The fourth-order valence-corrected chi connectivity index (χ4v) is 5.93. The minimum absolute atomic E-state index is 0.0654. The van der Waals surface area contributed by atoms with Crippen molar-refractivity contribution in [3.05, 3.63) is 29.3 Å². The number of phenols is 1. The highest BCUT2D eigenvalue weighted by atomic mass is 16.5. The van der Waals surface area contributed by atoms with Crippen molar-refractivity contribution in [2.75, 3.05) is 0 Å². The molecule has 1 aromatic carbocycles. The summed E-state index contributed by atoms with van der Waals surface area (Å²) in [4.78, 5) is 13.2. The van der Waals surface area contributed by atoms with Crippen molar-refractivity contribution < 1.29 is 14.6 Å². The molecule has 2 atom stereocenters. The minimum atomic E-state index is -0.598. The van der Waals surface area contributed by atoms with Crippen LogP contribution in [0.4, 0.5) is 0 Å². The predicted molar refractivity (Wildman–Crippen MR) is 112 cm³/mol. The number of fused-ring (bicyclic) bond motifs is 3. The first-order chi connectivity index (χ1) is 13.1. The Kier molecular flexibility index (Phi) is 4.44. The zero-order valence-corrected chi connectivity index (χ0v) is 18.0. The Morgan fingerprint density at radius 3 is 2.64 bits per heavy atom. The third kappa shape index (κ3) is 2.51. The normalized spacial score (nSPS) is 27.2. The lowest BCUT2D eigenvalue weighted by Crippen LogP contribution is -2.45. The number of carbonyl (C=O) groups is 1. The van der Waals surface area contributed by atoms with Crippen LogP contribution in [0.25, 0.3) is 5.57 Å². The highest BCUT2D eigenvalue weighted by Gasteiger charge is 2.67.